The fourth-order valence-electron chi connectivity index (χ4n) is 9.14. The predicted octanol–water partition coefficient (Wildman–Crippen LogP) is 12.0. The smallest absolute Gasteiger partial charge is 0.410 e. The molecule has 6 aromatic carbocycles. The number of rotatable bonds is 7. The highest BCUT2D eigenvalue weighted by Crippen LogP contribution is 2.35. The van der Waals surface area contributed by atoms with E-state index in [2.05, 4.69) is 99.0 Å². The third kappa shape index (κ3) is 11.8. The first-order chi connectivity index (χ1) is 34.9. The molecule has 13 heteroatoms. The number of benzene rings is 6. The molecule has 2 saturated heterocycles. The van der Waals surface area contributed by atoms with Gasteiger partial charge in [0.05, 0.1) is 5.69 Å². The van der Waals surface area contributed by atoms with Crippen LogP contribution in [0.1, 0.15) is 62.9 Å². The summed E-state index contributed by atoms with van der Waals surface area (Å²) in [4.78, 5) is 38.6. The lowest BCUT2D eigenvalue weighted by atomic mass is 10.0. The summed E-state index contributed by atoms with van der Waals surface area (Å²) in [6, 6.07) is 47.6. The van der Waals surface area contributed by atoms with Gasteiger partial charge < -0.3 is 40.8 Å². The van der Waals surface area contributed by atoms with Crippen LogP contribution < -0.4 is 16.4 Å². The quantitative estimate of drug-likeness (QED) is 0.0959. The monoisotopic (exact) mass is 960 g/mol. The van der Waals surface area contributed by atoms with Gasteiger partial charge in [-0.1, -0.05) is 72.8 Å². The van der Waals surface area contributed by atoms with Gasteiger partial charge in [0.25, 0.3) is 0 Å². The molecule has 0 spiro atoms. The van der Waals surface area contributed by atoms with Crippen LogP contribution >= 0.6 is 0 Å². The molecule has 0 bridgehead atoms. The molecule has 366 valence electrons. The fraction of sp³-hybridized carbons (Fsp3) is 0.237. The van der Waals surface area contributed by atoms with E-state index in [1.807, 2.05) is 63.5 Å². The summed E-state index contributed by atoms with van der Waals surface area (Å²) in [6.07, 6.45) is 8.06. The van der Waals surface area contributed by atoms with Crippen molar-refractivity contribution >= 4 is 56.6 Å². The van der Waals surface area contributed by atoms with Crippen molar-refractivity contribution in [1.29, 1.82) is 0 Å². The maximum Gasteiger partial charge on any atom is 0.410 e. The predicted molar refractivity (Wildman–Crippen MR) is 288 cm³/mol. The highest BCUT2D eigenvalue weighted by Gasteiger charge is 2.28. The lowest BCUT2D eigenvalue weighted by Gasteiger charge is -2.34. The number of imidazole rings is 1. The van der Waals surface area contributed by atoms with Crippen LogP contribution in [0.5, 0.6) is 11.5 Å². The average Bonchev–Trinajstić information content (AvgIpc) is 3.79. The van der Waals surface area contributed by atoms with Crippen LogP contribution in [-0.4, -0.2) is 84.8 Å². The molecule has 1 amide bonds. The van der Waals surface area contributed by atoms with Gasteiger partial charge in [-0.25, -0.2) is 19.7 Å². The van der Waals surface area contributed by atoms with Crippen molar-refractivity contribution in [2.45, 2.75) is 64.1 Å². The number of fused-ring (bicyclic) bond motifs is 3. The number of aldehydes is 1. The molecule has 0 atom stereocenters. The minimum Gasteiger partial charge on any atom is -0.508 e. The average molecular weight is 961 g/mol. The number of nitrogens with two attached hydrogens (primary N) is 1. The number of aromatic nitrogens is 4. The van der Waals surface area contributed by atoms with E-state index in [0.717, 1.165) is 89.9 Å². The Kier molecular flexibility index (Phi) is 14.7. The number of phenols is 2. The van der Waals surface area contributed by atoms with Gasteiger partial charge in [-0.3, -0.25) is 4.79 Å². The number of likely N-dealkylation sites (tertiary alicyclic amines) is 1. The van der Waals surface area contributed by atoms with Gasteiger partial charge in [-0.05, 0) is 165 Å². The summed E-state index contributed by atoms with van der Waals surface area (Å²) in [5.74, 6) is 2.05. The minimum atomic E-state index is -0.475. The lowest BCUT2D eigenvalue weighted by Crippen LogP contribution is -2.44. The van der Waals surface area contributed by atoms with Crippen molar-refractivity contribution in [2.75, 3.05) is 37.2 Å². The summed E-state index contributed by atoms with van der Waals surface area (Å²) in [7, 11) is 0. The van der Waals surface area contributed by atoms with E-state index in [4.69, 9.17) is 25.5 Å². The standard InChI is InChI=1S/C27H24N4O.C25H30N4O2.C7H6O2/c32-24-9-7-19(8-10-24)26-30-25-16-22(21-6-5-18-3-1-2-4-20(18)15-21)17-29-27(25)31(26)23-11-13-28-14-12-23;1-25(2,3)31-24(30)29-12-10-21(11-13-29)28-23-22(26)15-20(16-27-23)19-9-8-17-6-4-5-7-18(17)14-19;8-5-6-1-3-7(9)4-2-6/h1-10,15-17,23,28,32H,11-14H2;4-9,14-16,21H,10-13,26H2,1-3H3,(H,27,28);1-5,9H. The molecule has 11 rings (SSSR count). The Morgan fingerprint density at radius 1 is 0.681 bits per heavy atom. The maximum absolute atomic E-state index is 12.2. The van der Waals surface area contributed by atoms with Crippen LogP contribution in [0.2, 0.25) is 0 Å². The zero-order valence-corrected chi connectivity index (χ0v) is 40.8. The van der Waals surface area contributed by atoms with Crippen LogP contribution in [0.3, 0.4) is 0 Å². The molecule has 6 N–H and O–H groups in total. The van der Waals surface area contributed by atoms with Crippen molar-refractivity contribution in [3.8, 4) is 45.1 Å². The molecule has 2 aliphatic heterocycles. The summed E-state index contributed by atoms with van der Waals surface area (Å²) in [5.41, 5.74) is 14.2. The number of ether oxygens (including phenoxy) is 1. The molecule has 72 heavy (non-hydrogen) atoms. The molecule has 5 heterocycles. The van der Waals surface area contributed by atoms with Crippen LogP contribution in [0.15, 0.2) is 158 Å². The first-order valence-electron chi connectivity index (χ1n) is 24.5. The lowest BCUT2D eigenvalue weighted by molar-refractivity contribution is 0.0210. The number of pyridine rings is 2. The van der Waals surface area contributed by atoms with E-state index >= 15 is 0 Å². The van der Waals surface area contributed by atoms with E-state index in [9.17, 15) is 14.7 Å². The Morgan fingerprint density at radius 3 is 1.79 bits per heavy atom. The molecular formula is C59H60N8O5. The van der Waals surface area contributed by atoms with Crippen molar-refractivity contribution < 1.29 is 24.5 Å². The molecule has 0 saturated carbocycles. The number of phenolic OH excluding ortho intramolecular Hbond substituents is 2. The van der Waals surface area contributed by atoms with Crippen LogP contribution in [0.25, 0.3) is 66.4 Å². The van der Waals surface area contributed by atoms with Gasteiger partial charge in [0.15, 0.2) is 5.65 Å². The van der Waals surface area contributed by atoms with Gasteiger partial charge in [0.1, 0.15) is 40.5 Å². The second-order valence-electron chi connectivity index (χ2n) is 19.3. The molecule has 0 unspecified atom stereocenters. The van der Waals surface area contributed by atoms with Crippen molar-refractivity contribution in [1.82, 2.24) is 29.7 Å². The van der Waals surface area contributed by atoms with E-state index in [-0.39, 0.29) is 23.6 Å². The fourth-order valence-corrected chi connectivity index (χ4v) is 9.14. The summed E-state index contributed by atoms with van der Waals surface area (Å²) >= 11 is 0. The number of nitrogen functional groups attached to an aromatic ring is 1. The van der Waals surface area contributed by atoms with Gasteiger partial charge in [0.2, 0.25) is 0 Å². The number of carbonyl (C=O) groups excluding carboxylic acids is 2. The number of piperidine rings is 2. The number of nitrogens with one attached hydrogen (secondary N) is 2. The molecule has 2 fully saturated rings. The van der Waals surface area contributed by atoms with Gasteiger partial charge in [-0.15, -0.1) is 0 Å². The third-order valence-corrected chi connectivity index (χ3v) is 12.9. The Balaban J connectivity index is 0.000000152. The van der Waals surface area contributed by atoms with E-state index in [1.165, 1.54) is 33.7 Å². The molecule has 2 aliphatic rings. The summed E-state index contributed by atoms with van der Waals surface area (Å²) in [5, 5.41) is 30.2. The Labute approximate surface area is 419 Å². The Morgan fingerprint density at radius 2 is 1.22 bits per heavy atom. The van der Waals surface area contributed by atoms with Gasteiger partial charge in [-0.2, -0.15) is 0 Å². The summed E-state index contributed by atoms with van der Waals surface area (Å²) in [6.45, 7) is 8.95. The van der Waals surface area contributed by atoms with Crippen LogP contribution in [-0.2, 0) is 4.74 Å². The highest BCUT2D eigenvalue weighted by atomic mass is 16.6. The highest BCUT2D eigenvalue weighted by molar-refractivity contribution is 5.90. The molecule has 13 nitrogen and oxygen atoms in total. The van der Waals surface area contributed by atoms with Crippen molar-refractivity contribution in [3.05, 3.63) is 164 Å². The zero-order valence-electron chi connectivity index (χ0n) is 40.8. The molecule has 9 aromatic rings. The number of hydrogen-bond donors (Lipinski definition) is 5. The molecule has 3 aromatic heterocycles. The second kappa shape index (κ2) is 21.8. The zero-order chi connectivity index (χ0) is 50.2. The molecular weight excluding hydrogens is 901 g/mol. The van der Waals surface area contributed by atoms with Gasteiger partial charge in [0, 0.05) is 59.8 Å². The van der Waals surface area contributed by atoms with Crippen molar-refractivity contribution in [2.24, 2.45) is 0 Å². The third-order valence-electron chi connectivity index (χ3n) is 12.9. The minimum absolute atomic E-state index is 0.181. The van der Waals surface area contributed by atoms with E-state index in [1.54, 1.807) is 29.2 Å². The number of anilines is 2. The van der Waals surface area contributed by atoms with Crippen molar-refractivity contribution in [3.63, 3.8) is 0 Å². The van der Waals surface area contributed by atoms with E-state index in [0.29, 0.717) is 36.2 Å². The molecule has 0 radical (unpaired) electrons. The van der Waals surface area contributed by atoms with Crippen LogP contribution in [0, 0.1) is 0 Å². The Bertz CT molecular complexity index is 3320. The largest absolute Gasteiger partial charge is 0.508 e. The number of aromatic hydroxyl groups is 2. The number of amides is 1. The first-order valence-corrected chi connectivity index (χ1v) is 24.5. The maximum atomic E-state index is 12.2. The number of nitrogens with zero attached hydrogens (tertiary/aromatic N) is 5. The topological polar surface area (TPSA) is 181 Å². The summed E-state index contributed by atoms with van der Waals surface area (Å²) < 4.78 is 7.76. The number of hydrogen-bond acceptors (Lipinski definition) is 11. The Hall–Kier alpha value is -8.29. The normalized spacial score (nSPS) is 14.2. The second-order valence-corrected chi connectivity index (χ2v) is 19.3. The SMILES string of the molecule is CC(C)(C)OC(=O)N1CCC(Nc2ncc(-c3ccc4ccccc4c3)cc2N)CC1.O=Cc1ccc(O)cc1.Oc1ccc(-c2nc3cc(-c4ccc5ccccc5c4)cnc3n2C2CCNCC2)cc1. The van der Waals surface area contributed by atoms with Crippen LogP contribution in [0.4, 0.5) is 16.3 Å². The molecule has 0 aliphatic carbocycles. The van der Waals surface area contributed by atoms with E-state index < -0.39 is 5.60 Å². The number of carbonyl (C=O) groups is 2. The van der Waals surface area contributed by atoms with Gasteiger partial charge >= 0.3 is 6.09 Å². The first kappa shape index (κ1) is 48.7.